The van der Waals surface area contributed by atoms with Crippen molar-refractivity contribution in [2.24, 2.45) is 0 Å². The fourth-order valence-corrected chi connectivity index (χ4v) is 2.42. The van der Waals surface area contributed by atoms with Crippen LogP contribution in [0, 0.1) is 0 Å². The smallest absolute Gasteiger partial charge is 0.122 e. The summed E-state index contributed by atoms with van der Waals surface area (Å²) in [6.07, 6.45) is 4.73. The molecule has 0 aliphatic carbocycles. The van der Waals surface area contributed by atoms with E-state index in [1.165, 1.54) is 18.4 Å². The molecule has 20 heavy (non-hydrogen) atoms. The molecule has 0 heterocycles. The van der Waals surface area contributed by atoms with Crippen LogP contribution in [0.2, 0.25) is 0 Å². The van der Waals surface area contributed by atoms with E-state index in [-0.39, 0.29) is 0 Å². The minimum absolute atomic E-state index is 0.569. The van der Waals surface area contributed by atoms with Gasteiger partial charge in [-0.05, 0) is 56.7 Å². The molecule has 0 spiro atoms. The zero-order valence-electron chi connectivity index (χ0n) is 13.6. The summed E-state index contributed by atoms with van der Waals surface area (Å²) in [5.74, 6) is 1.64. The average molecular weight is 277 g/mol. The van der Waals surface area contributed by atoms with E-state index in [1.807, 2.05) is 0 Å². The fourth-order valence-electron chi connectivity index (χ4n) is 2.42. The predicted molar refractivity (Wildman–Crippen MR) is 87.6 cm³/mol. The van der Waals surface area contributed by atoms with Gasteiger partial charge in [-0.15, -0.1) is 0 Å². The fraction of sp³-hybridized carbons (Fsp3) is 0.667. The molecule has 0 saturated heterocycles. The van der Waals surface area contributed by atoms with Crippen molar-refractivity contribution in [1.29, 1.82) is 0 Å². The Morgan fingerprint density at radius 3 is 2.55 bits per heavy atom. The molecule has 2 unspecified atom stereocenters. The molecule has 2 nitrogen and oxygen atoms in total. The molecule has 0 aromatic heterocycles. The van der Waals surface area contributed by atoms with Crippen LogP contribution in [0.4, 0.5) is 0 Å². The quantitative estimate of drug-likeness (QED) is 0.623. The molecule has 1 N–H and O–H groups in total. The van der Waals surface area contributed by atoms with E-state index in [9.17, 15) is 0 Å². The molecule has 0 aliphatic heterocycles. The van der Waals surface area contributed by atoms with Gasteiger partial charge in [0.05, 0.1) is 6.61 Å². The van der Waals surface area contributed by atoms with Crippen molar-refractivity contribution in [1.82, 2.24) is 5.32 Å². The van der Waals surface area contributed by atoms with Crippen LogP contribution in [0.25, 0.3) is 0 Å². The average Bonchev–Trinajstić information content (AvgIpc) is 2.47. The van der Waals surface area contributed by atoms with Gasteiger partial charge in [-0.25, -0.2) is 0 Å². The zero-order chi connectivity index (χ0) is 14.8. The van der Waals surface area contributed by atoms with Crippen molar-refractivity contribution >= 4 is 0 Å². The van der Waals surface area contributed by atoms with Gasteiger partial charge in [0.25, 0.3) is 0 Å². The summed E-state index contributed by atoms with van der Waals surface area (Å²) in [6, 6.07) is 9.08. The van der Waals surface area contributed by atoms with Gasteiger partial charge < -0.3 is 10.1 Å². The van der Waals surface area contributed by atoms with E-state index in [0.29, 0.717) is 12.0 Å². The standard InChI is InChI=1S/C18H31NO/c1-5-15(3)17-12-7-8-13-18(17)20-14-10-9-11-16(4)19-6-2/h7-8,12-13,15-16,19H,5-6,9-11,14H2,1-4H3. The first-order valence-electron chi connectivity index (χ1n) is 8.14. The molecule has 0 saturated carbocycles. The Labute approximate surface area is 124 Å². The summed E-state index contributed by atoms with van der Waals surface area (Å²) in [4.78, 5) is 0. The third-order valence-corrected chi connectivity index (χ3v) is 3.90. The zero-order valence-corrected chi connectivity index (χ0v) is 13.6. The monoisotopic (exact) mass is 277 g/mol. The highest BCUT2D eigenvalue weighted by Crippen LogP contribution is 2.28. The van der Waals surface area contributed by atoms with Crippen LogP contribution >= 0.6 is 0 Å². The topological polar surface area (TPSA) is 21.3 Å². The SMILES string of the molecule is CCNC(C)CCCCOc1ccccc1C(C)CC. The van der Waals surface area contributed by atoms with Crippen molar-refractivity contribution in [2.45, 2.75) is 65.3 Å². The summed E-state index contributed by atoms with van der Waals surface area (Å²) < 4.78 is 5.98. The lowest BCUT2D eigenvalue weighted by Crippen LogP contribution is -2.25. The Balaban J connectivity index is 2.32. The Bertz CT molecular complexity index is 364. The lowest BCUT2D eigenvalue weighted by Gasteiger charge is -2.16. The second kappa shape index (κ2) is 9.82. The molecular weight excluding hydrogens is 246 g/mol. The Morgan fingerprint density at radius 2 is 1.85 bits per heavy atom. The van der Waals surface area contributed by atoms with Gasteiger partial charge in [-0.2, -0.15) is 0 Å². The number of rotatable bonds is 10. The van der Waals surface area contributed by atoms with Crippen molar-refractivity contribution < 1.29 is 4.74 Å². The molecule has 0 aliphatic rings. The van der Waals surface area contributed by atoms with Gasteiger partial charge in [-0.3, -0.25) is 0 Å². The van der Waals surface area contributed by atoms with Crippen LogP contribution in [0.3, 0.4) is 0 Å². The van der Waals surface area contributed by atoms with Crippen LogP contribution in [0.15, 0.2) is 24.3 Å². The van der Waals surface area contributed by atoms with Crippen LogP contribution in [0.5, 0.6) is 5.75 Å². The van der Waals surface area contributed by atoms with Gasteiger partial charge in [0.1, 0.15) is 5.75 Å². The maximum absolute atomic E-state index is 5.98. The molecule has 1 aromatic carbocycles. The molecule has 1 aromatic rings. The van der Waals surface area contributed by atoms with Gasteiger partial charge >= 0.3 is 0 Å². The van der Waals surface area contributed by atoms with Crippen molar-refractivity contribution in [2.75, 3.05) is 13.2 Å². The molecule has 114 valence electrons. The Hall–Kier alpha value is -1.02. The first-order chi connectivity index (χ1) is 9.69. The number of para-hydroxylation sites is 1. The van der Waals surface area contributed by atoms with E-state index in [0.717, 1.165) is 31.7 Å². The second-order valence-electron chi connectivity index (χ2n) is 5.65. The number of hydrogen-bond acceptors (Lipinski definition) is 2. The third-order valence-electron chi connectivity index (χ3n) is 3.90. The van der Waals surface area contributed by atoms with Crippen LogP contribution in [-0.4, -0.2) is 19.2 Å². The highest BCUT2D eigenvalue weighted by molar-refractivity contribution is 5.35. The molecule has 0 amide bonds. The van der Waals surface area contributed by atoms with Crippen molar-refractivity contribution in [3.05, 3.63) is 29.8 Å². The first-order valence-corrected chi connectivity index (χ1v) is 8.14. The number of unbranched alkanes of at least 4 members (excludes halogenated alkanes) is 1. The Morgan fingerprint density at radius 1 is 1.10 bits per heavy atom. The third kappa shape index (κ3) is 5.96. The van der Waals surface area contributed by atoms with E-state index in [1.54, 1.807) is 0 Å². The summed E-state index contributed by atoms with van der Waals surface area (Å²) >= 11 is 0. The maximum atomic E-state index is 5.98. The van der Waals surface area contributed by atoms with Crippen molar-refractivity contribution in [3.8, 4) is 5.75 Å². The lowest BCUT2D eigenvalue weighted by molar-refractivity contribution is 0.297. The van der Waals surface area contributed by atoms with Gasteiger partial charge in [0.2, 0.25) is 0 Å². The molecule has 0 fully saturated rings. The highest BCUT2D eigenvalue weighted by atomic mass is 16.5. The molecule has 2 heteroatoms. The number of hydrogen-bond donors (Lipinski definition) is 1. The highest BCUT2D eigenvalue weighted by Gasteiger charge is 2.09. The first kappa shape index (κ1) is 17.0. The van der Waals surface area contributed by atoms with Crippen LogP contribution in [-0.2, 0) is 0 Å². The van der Waals surface area contributed by atoms with Crippen LogP contribution in [0.1, 0.15) is 64.9 Å². The molecule has 2 atom stereocenters. The number of nitrogens with one attached hydrogen (secondary N) is 1. The minimum Gasteiger partial charge on any atom is -0.493 e. The van der Waals surface area contributed by atoms with Gasteiger partial charge in [0.15, 0.2) is 0 Å². The number of ether oxygens (including phenoxy) is 1. The summed E-state index contributed by atoms with van der Waals surface area (Å²) in [7, 11) is 0. The summed E-state index contributed by atoms with van der Waals surface area (Å²) in [5.41, 5.74) is 1.34. The normalized spacial score (nSPS) is 14.0. The van der Waals surface area contributed by atoms with E-state index >= 15 is 0 Å². The largest absolute Gasteiger partial charge is 0.493 e. The molecule has 1 rings (SSSR count). The molecular formula is C18H31NO. The van der Waals surface area contributed by atoms with E-state index in [4.69, 9.17) is 4.74 Å². The van der Waals surface area contributed by atoms with E-state index in [2.05, 4.69) is 57.3 Å². The summed E-state index contributed by atoms with van der Waals surface area (Å²) in [5, 5.41) is 3.44. The minimum atomic E-state index is 0.569. The second-order valence-corrected chi connectivity index (χ2v) is 5.65. The number of benzene rings is 1. The Kier molecular flexibility index (Phi) is 8.36. The van der Waals surface area contributed by atoms with Crippen LogP contribution < -0.4 is 10.1 Å². The van der Waals surface area contributed by atoms with Gasteiger partial charge in [-0.1, -0.05) is 39.0 Å². The lowest BCUT2D eigenvalue weighted by atomic mass is 9.98. The predicted octanol–water partition coefficient (Wildman–Crippen LogP) is 4.75. The molecule has 0 radical (unpaired) electrons. The molecule has 0 bridgehead atoms. The van der Waals surface area contributed by atoms with Crippen molar-refractivity contribution in [3.63, 3.8) is 0 Å². The van der Waals surface area contributed by atoms with Gasteiger partial charge in [0, 0.05) is 6.04 Å². The summed E-state index contributed by atoms with van der Waals surface area (Å²) in [6.45, 7) is 10.8. The maximum Gasteiger partial charge on any atom is 0.122 e. The van der Waals surface area contributed by atoms with E-state index < -0.39 is 0 Å².